The van der Waals surface area contributed by atoms with Gasteiger partial charge >= 0.3 is 21.2 Å². The zero-order valence-corrected chi connectivity index (χ0v) is 47.5. The number of aryl methyl sites for hydroxylation is 4. The molecule has 0 aliphatic rings. The third kappa shape index (κ3) is 14.1. The molecule has 0 spiro atoms. The van der Waals surface area contributed by atoms with Crippen molar-refractivity contribution in [3.05, 3.63) is 162 Å². The van der Waals surface area contributed by atoms with Crippen LogP contribution < -0.4 is 0 Å². The van der Waals surface area contributed by atoms with Crippen LogP contribution in [0.15, 0.2) is 195 Å². The molecule has 10 rings (SSSR count). The molecule has 0 fully saturated rings. The van der Waals surface area contributed by atoms with Gasteiger partial charge in [0.1, 0.15) is 37.1 Å². The van der Waals surface area contributed by atoms with E-state index in [4.69, 9.17) is 25.3 Å². The fourth-order valence-corrected chi connectivity index (χ4v) is 10.4. The number of aromatic nitrogens is 3. The average Bonchev–Trinajstić information content (AvgIpc) is 2.42. The first-order valence-electron chi connectivity index (χ1n) is 23.6. The summed E-state index contributed by atoms with van der Waals surface area (Å²) in [6, 6.07) is 36.5. The van der Waals surface area contributed by atoms with E-state index in [2.05, 4.69) is 51.1 Å². The standard InChI is InChI=1S/C52H39N11O10S3.2O3S/c1-28-20-35(13-18-41(28)55-53-34-14-19-42(29(2)21-34)56-60-46-26-40-32(25-50(46)76(71,72)73)8-7-11-48(40)74(65,66)67)54-58-44-22-31(4)45(23-30(44)3)59-57-43-17-12-33-24-36(15-16-37(33)52(43)64)63-61-47-27-49(75(68,69)70)38-9-5-6-10-39(38)51(47)62-63;2*1-4(2)3/h5-27,64H,1-4H3,(H,65,66,67)(H,68,69,70)(H,71,72,73);;. The molecule has 1 aromatic heterocycles. The summed E-state index contributed by atoms with van der Waals surface area (Å²) in [6.07, 6.45) is 0. The van der Waals surface area contributed by atoms with Gasteiger partial charge < -0.3 is 5.11 Å². The number of hydrogen-bond donors (Lipinski definition) is 4. The molecule has 0 atom stereocenters. The maximum absolute atomic E-state index is 12.2. The molecule has 428 valence electrons. The molecule has 0 aliphatic carbocycles. The van der Waals surface area contributed by atoms with Crippen molar-refractivity contribution in [2.24, 2.45) is 40.9 Å². The van der Waals surface area contributed by atoms with Crippen LogP contribution in [-0.4, -0.2) is 84.3 Å². The van der Waals surface area contributed by atoms with Crippen LogP contribution in [0.1, 0.15) is 22.3 Å². The van der Waals surface area contributed by atoms with Crippen molar-refractivity contribution in [1.29, 1.82) is 0 Å². The van der Waals surface area contributed by atoms with E-state index in [0.717, 1.165) is 34.9 Å². The Kier molecular flexibility index (Phi) is 17.6. The molecule has 0 radical (unpaired) electrons. The molecular weight excluding hydrogens is 1190 g/mol. The van der Waals surface area contributed by atoms with Crippen molar-refractivity contribution in [3.8, 4) is 11.4 Å². The molecule has 1 heterocycles. The Labute approximate surface area is 478 Å². The van der Waals surface area contributed by atoms with Crippen molar-refractivity contribution < 1.29 is 69.3 Å². The van der Waals surface area contributed by atoms with E-state index in [1.54, 1.807) is 91.9 Å². The number of phenols is 1. The maximum Gasteiger partial charge on any atom is 0.425 e. The maximum atomic E-state index is 12.2. The lowest BCUT2D eigenvalue weighted by molar-refractivity contribution is 0.481. The summed E-state index contributed by atoms with van der Waals surface area (Å²) in [5.74, 6) is -0.0901. The van der Waals surface area contributed by atoms with Gasteiger partial charge in [-0.25, -0.2) is 0 Å². The van der Waals surface area contributed by atoms with Crippen LogP contribution >= 0.6 is 0 Å². The lowest BCUT2D eigenvalue weighted by Gasteiger charge is -2.08. The van der Waals surface area contributed by atoms with Gasteiger partial charge in [0.05, 0.1) is 39.8 Å². The highest BCUT2D eigenvalue weighted by molar-refractivity contribution is 7.86. The molecule has 10 aromatic rings. The van der Waals surface area contributed by atoms with Crippen molar-refractivity contribution in [1.82, 2.24) is 15.0 Å². The minimum absolute atomic E-state index is 0.0227. The van der Waals surface area contributed by atoms with Crippen LogP contribution in [0.5, 0.6) is 5.75 Å². The van der Waals surface area contributed by atoms with E-state index in [9.17, 15) is 44.0 Å². The van der Waals surface area contributed by atoms with Crippen molar-refractivity contribution in [2.75, 3.05) is 0 Å². The van der Waals surface area contributed by atoms with Crippen molar-refractivity contribution >= 4 is 140 Å². The summed E-state index contributed by atoms with van der Waals surface area (Å²) in [6.45, 7) is 7.30. The predicted molar refractivity (Wildman–Crippen MR) is 303 cm³/mol. The van der Waals surface area contributed by atoms with Crippen molar-refractivity contribution in [2.45, 2.75) is 42.4 Å². The van der Waals surface area contributed by atoms with E-state index in [1.165, 1.54) is 23.0 Å². The minimum Gasteiger partial charge on any atom is -0.505 e. The highest BCUT2D eigenvalue weighted by atomic mass is 32.2. The van der Waals surface area contributed by atoms with Gasteiger partial charge in [-0.05, 0) is 158 Å². The van der Waals surface area contributed by atoms with E-state index in [-0.39, 0.29) is 38.3 Å². The minimum atomic E-state index is -4.81. The molecule has 0 unspecified atom stereocenters. The fraction of sp³-hybridized carbons (Fsp3) is 0.0769. The van der Waals surface area contributed by atoms with Gasteiger partial charge in [-0.3, -0.25) is 13.7 Å². The number of fused-ring (bicyclic) bond motifs is 5. The number of phenolic OH excluding ortho intramolecular Hbond substituents is 1. The summed E-state index contributed by atoms with van der Waals surface area (Å²) in [5.41, 5.74) is 7.12. The Morgan fingerprint density at radius 3 is 1.43 bits per heavy atom. The lowest BCUT2D eigenvalue weighted by atomic mass is 10.1. The number of aromatic hydroxyl groups is 1. The Balaban J connectivity index is 0.00000108. The topological polar surface area (TPSA) is 415 Å². The van der Waals surface area contributed by atoms with E-state index in [1.807, 2.05) is 39.0 Å². The summed E-state index contributed by atoms with van der Waals surface area (Å²) < 4.78 is 153. The van der Waals surface area contributed by atoms with Crippen LogP contribution in [0.3, 0.4) is 0 Å². The number of azo groups is 4. The Bertz CT molecular complexity index is 5060. The Hall–Kier alpha value is -9.67. The third-order valence-corrected chi connectivity index (χ3v) is 14.9. The molecule has 32 heteroatoms. The molecule has 0 amide bonds. The first kappa shape index (κ1) is 60.4. The quantitative estimate of drug-likeness (QED) is 0.0652. The van der Waals surface area contributed by atoms with Gasteiger partial charge in [0, 0.05) is 21.5 Å². The van der Waals surface area contributed by atoms with Gasteiger partial charge in [-0.1, -0.05) is 42.5 Å². The second kappa shape index (κ2) is 24.4. The number of hydrogen-bond acceptors (Lipinski definition) is 23. The van der Waals surface area contributed by atoms with E-state index < -0.39 is 61.4 Å². The SMILES string of the molecule is Cc1cc(N=Nc2cc(C)c(N=Nc3ccc4cc(-n5nc6cc(S(=O)(=O)O)c7ccccc7c6n5)ccc4c3O)cc2C)ccc1N=Nc1ccc(N=Nc2cc3c(S(=O)(=O)O)cccc3cc2S(=O)(=O)O)c(C)c1.O=S(=O)=O.O=S(=O)=O. The molecule has 9 aromatic carbocycles. The second-order valence-corrected chi connectivity index (χ2v) is 22.9. The summed E-state index contributed by atoms with van der Waals surface area (Å²) in [5, 5.41) is 57.2. The summed E-state index contributed by atoms with van der Waals surface area (Å²) >= 11 is 0. The van der Waals surface area contributed by atoms with Crippen LogP contribution in [0.2, 0.25) is 0 Å². The van der Waals surface area contributed by atoms with E-state index >= 15 is 0 Å². The van der Waals surface area contributed by atoms with Gasteiger partial charge in [-0.2, -0.15) is 60.7 Å². The second-order valence-electron chi connectivity index (χ2n) is 17.9. The molecule has 0 aliphatic heterocycles. The summed E-state index contributed by atoms with van der Waals surface area (Å²) in [7, 11) is -20.3. The molecule has 27 nitrogen and oxygen atoms in total. The zero-order valence-electron chi connectivity index (χ0n) is 43.4. The summed E-state index contributed by atoms with van der Waals surface area (Å²) in [4.78, 5) is 0.0217. The lowest BCUT2D eigenvalue weighted by Crippen LogP contribution is -2.01. The highest BCUT2D eigenvalue weighted by Gasteiger charge is 2.23. The predicted octanol–water partition coefficient (Wildman–Crippen LogP) is 12.2. The van der Waals surface area contributed by atoms with Gasteiger partial charge in [0.15, 0.2) is 5.75 Å². The number of rotatable bonds is 12. The first-order valence-corrected chi connectivity index (χ1v) is 29.9. The Morgan fingerprint density at radius 1 is 0.393 bits per heavy atom. The monoisotopic (exact) mass is 1230 g/mol. The fourth-order valence-electron chi connectivity index (χ4n) is 8.38. The third-order valence-electron chi connectivity index (χ3n) is 12.2. The molecule has 0 bridgehead atoms. The smallest absolute Gasteiger partial charge is 0.425 e. The zero-order chi connectivity index (χ0) is 61.0. The molecule has 0 saturated carbocycles. The van der Waals surface area contributed by atoms with Crippen LogP contribution in [0.4, 0.5) is 45.5 Å². The van der Waals surface area contributed by atoms with Gasteiger partial charge in [0.25, 0.3) is 30.4 Å². The molecule has 0 saturated heterocycles. The van der Waals surface area contributed by atoms with Gasteiger partial charge in [-0.15, -0.1) is 45.7 Å². The number of benzene rings is 9. The average molecular weight is 1230 g/mol. The van der Waals surface area contributed by atoms with Gasteiger partial charge in [0.2, 0.25) is 0 Å². The molecule has 84 heavy (non-hydrogen) atoms. The van der Waals surface area contributed by atoms with Crippen LogP contribution in [-0.2, 0) is 51.6 Å². The molecular formula is C52H39N11O16S5. The van der Waals surface area contributed by atoms with Crippen LogP contribution in [0, 0.1) is 27.7 Å². The number of nitrogens with zero attached hydrogens (tertiary/aromatic N) is 11. The van der Waals surface area contributed by atoms with Crippen molar-refractivity contribution in [3.63, 3.8) is 0 Å². The normalized spacial score (nSPS) is 12.2. The van der Waals surface area contributed by atoms with E-state index in [0.29, 0.717) is 72.4 Å². The van der Waals surface area contributed by atoms with Crippen LogP contribution in [0.25, 0.3) is 49.0 Å². The first-order chi connectivity index (χ1) is 39.5. The molecule has 4 N–H and O–H groups in total. The largest absolute Gasteiger partial charge is 0.505 e. The Morgan fingerprint density at radius 2 is 0.869 bits per heavy atom. The highest BCUT2D eigenvalue weighted by Crippen LogP contribution is 2.40.